The zero-order valence-corrected chi connectivity index (χ0v) is 8.64. The fourth-order valence-corrected chi connectivity index (χ4v) is 1.96. The lowest BCUT2D eigenvalue weighted by Gasteiger charge is -2.25. The highest BCUT2D eigenvalue weighted by Gasteiger charge is 2.18. The van der Waals surface area contributed by atoms with E-state index < -0.39 is 0 Å². The molecule has 5 heteroatoms. The number of nitrogens with two attached hydrogens (primary N) is 1. The Hall–Kier alpha value is -1.10. The highest BCUT2D eigenvalue weighted by atomic mass is 32.1. The minimum atomic E-state index is -0.107. The molecule has 76 valence electrons. The average Bonchev–Trinajstić information content (AvgIpc) is 2.49. The van der Waals surface area contributed by atoms with Crippen LogP contribution in [0.4, 0.5) is 5.13 Å². The van der Waals surface area contributed by atoms with Crippen molar-refractivity contribution in [3.05, 3.63) is 11.1 Å². The van der Waals surface area contributed by atoms with E-state index in [9.17, 15) is 4.79 Å². The highest BCUT2D eigenvalue weighted by Crippen LogP contribution is 2.25. The van der Waals surface area contributed by atoms with E-state index in [0.717, 1.165) is 6.54 Å². The molecule has 0 atom stereocenters. The van der Waals surface area contributed by atoms with Crippen LogP contribution in [-0.4, -0.2) is 17.4 Å². The Balaban J connectivity index is 1.82. The van der Waals surface area contributed by atoms with Gasteiger partial charge in [-0.25, -0.2) is 4.98 Å². The maximum atomic E-state index is 11.5. The topological polar surface area (TPSA) is 68.0 Å². The molecule has 1 aromatic heterocycles. The van der Waals surface area contributed by atoms with Crippen molar-refractivity contribution in [2.24, 2.45) is 5.92 Å². The van der Waals surface area contributed by atoms with Crippen LogP contribution in [0.3, 0.4) is 0 Å². The fourth-order valence-electron chi connectivity index (χ4n) is 1.42. The van der Waals surface area contributed by atoms with Gasteiger partial charge >= 0.3 is 0 Å². The summed E-state index contributed by atoms with van der Waals surface area (Å²) in [5.41, 5.74) is 5.87. The molecule has 0 radical (unpaired) electrons. The van der Waals surface area contributed by atoms with Crippen molar-refractivity contribution in [2.75, 3.05) is 12.3 Å². The van der Waals surface area contributed by atoms with E-state index in [0.29, 0.717) is 16.7 Å². The molecule has 2 rings (SSSR count). The normalized spacial score (nSPS) is 16.3. The smallest absolute Gasteiger partial charge is 0.270 e. The summed E-state index contributed by atoms with van der Waals surface area (Å²) in [6.07, 6.45) is 3.77. The number of amides is 1. The molecule has 1 heterocycles. The minimum absolute atomic E-state index is 0.107. The van der Waals surface area contributed by atoms with Gasteiger partial charge in [0.2, 0.25) is 0 Å². The zero-order valence-electron chi connectivity index (χ0n) is 7.82. The molecule has 0 aliphatic heterocycles. The summed E-state index contributed by atoms with van der Waals surface area (Å²) >= 11 is 1.29. The van der Waals surface area contributed by atoms with Gasteiger partial charge in [0.15, 0.2) is 5.13 Å². The first-order valence-electron chi connectivity index (χ1n) is 4.75. The predicted molar refractivity (Wildman–Crippen MR) is 56.2 cm³/mol. The van der Waals surface area contributed by atoms with Crippen molar-refractivity contribution in [1.82, 2.24) is 10.3 Å². The Labute approximate surface area is 86.5 Å². The molecule has 1 amide bonds. The standard InChI is InChI=1S/C9H13N3OS/c10-9-12-7(5-14-9)8(13)11-4-6-2-1-3-6/h5-6H,1-4H2,(H2,10,12)(H,11,13). The predicted octanol–water partition coefficient (Wildman–Crippen LogP) is 1.26. The number of nitrogens with one attached hydrogen (secondary N) is 1. The molecule has 14 heavy (non-hydrogen) atoms. The molecule has 0 bridgehead atoms. The molecule has 1 aromatic rings. The summed E-state index contributed by atoms with van der Waals surface area (Å²) in [6, 6.07) is 0. The van der Waals surface area contributed by atoms with E-state index in [1.807, 2.05) is 0 Å². The van der Waals surface area contributed by atoms with Crippen molar-refractivity contribution in [2.45, 2.75) is 19.3 Å². The lowest BCUT2D eigenvalue weighted by atomic mass is 9.85. The van der Waals surface area contributed by atoms with Gasteiger partial charge in [-0.05, 0) is 18.8 Å². The van der Waals surface area contributed by atoms with E-state index in [4.69, 9.17) is 5.73 Å². The second kappa shape index (κ2) is 3.96. The Bertz CT molecular complexity index is 333. The number of thiazole rings is 1. The number of aromatic nitrogens is 1. The second-order valence-electron chi connectivity index (χ2n) is 3.58. The van der Waals surface area contributed by atoms with E-state index in [2.05, 4.69) is 10.3 Å². The Morgan fingerprint density at radius 2 is 2.50 bits per heavy atom. The quantitative estimate of drug-likeness (QED) is 0.790. The minimum Gasteiger partial charge on any atom is -0.375 e. The summed E-state index contributed by atoms with van der Waals surface area (Å²) in [6.45, 7) is 0.774. The molecule has 0 saturated heterocycles. The number of anilines is 1. The van der Waals surface area contributed by atoms with Gasteiger partial charge < -0.3 is 11.1 Å². The van der Waals surface area contributed by atoms with Crippen molar-refractivity contribution in [1.29, 1.82) is 0 Å². The number of rotatable bonds is 3. The van der Waals surface area contributed by atoms with E-state index >= 15 is 0 Å². The second-order valence-corrected chi connectivity index (χ2v) is 4.47. The van der Waals surface area contributed by atoms with E-state index in [1.165, 1.54) is 30.6 Å². The summed E-state index contributed by atoms with van der Waals surface area (Å²) in [5.74, 6) is 0.569. The monoisotopic (exact) mass is 211 g/mol. The van der Waals surface area contributed by atoms with Gasteiger partial charge in [-0.3, -0.25) is 4.79 Å². The fraction of sp³-hybridized carbons (Fsp3) is 0.556. The molecule has 4 nitrogen and oxygen atoms in total. The van der Waals surface area contributed by atoms with Crippen LogP contribution in [0.15, 0.2) is 5.38 Å². The van der Waals surface area contributed by atoms with Gasteiger partial charge in [0.25, 0.3) is 5.91 Å². The Kier molecular flexibility index (Phi) is 2.67. The van der Waals surface area contributed by atoms with Gasteiger partial charge in [-0.2, -0.15) is 0 Å². The van der Waals surface area contributed by atoms with Crippen LogP contribution >= 0.6 is 11.3 Å². The zero-order chi connectivity index (χ0) is 9.97. The summed E-state index contributed by atoms with van der Waals surface area (Å²) in [5, 5.41) is 4.99. The molecule has 3 N–H and O–H groups in total. The van der Waals surface area contributed by atoms with Crippen molar-refractivity contribution in [3.8, 4) is 0 Å². The maximum Gasteiger partial charge on any atom is 0.270 e. The SMILES string of the molecule is Nc1nc(C(=O)NCC2CCC2)cs1. The van der Waals surface area contributed by atoms with Crippen molar-refractivity contribution in [3.63, 3.8) is 0 Å². The molecule has 0 spiro atoms. The number of hydrogen-bond acceptors (Lipinski definition) is 4. The first kappa shape index (κ1) is 9.45. The molecular formula is C9H13N3OS. The number of carbonyl (C=O) groups excluding carboxylic acids is 1. The molecule has 1 saturated carbocycles. The van der Waals surface area contributed by atoms with Gasteiger partial charge in [0, 0.05) is 11.9 Å². The van der Waals surface area contributed by atoms with Crippen LogP contribution in [-0.2, 0) is 0 Å². The van der Waals surface area contributed by atoms with Crippen LogP contribution in [0.2, 0.25) is 0 Å². The summed E-state index contributed by atoms with van der Waals surface area (Å²) < 4.78 is 0. The van der Waals surface area contributed by atoms with Crippen molar-refractivity contribution >= 4 is 22.4 Å². The van der Waals surface area contributed by atoms with Crippen LogP contribution in [0, 0.1) is 5.92 Å². The van der Waals surface area contributed by atoms with Crippen LogP contribution in [0.5, 0.6) is 0 Å². The maximum absolute atomic E-state index is 11.5. The molecule has 0 aromatic carbocycles. The number of hydrogen-bond donors (Lipinski definition) is 2. The third kappa shape index (κ3) is 2.04. The first-order chi connectivity index (χ1) is 6.75. The number of nitrogens with zero attached hydrogens (tertiary/aromatic N) is 1. The lowest BCUT2D eigenvalue weighted by Crippen LogP contribution is -2.32. The summed E-state index contributed by atoms with van der Waals surface area (Å²) in [7, 11) is 0. The van der Waals surface area contributed by atoms with Crippen LogP contribution in [0.25, 0.3) is 0 Å². The first-order valence-corrected chi connectivity index (χ1v) is 5.63. The third-order valence-corrected chi connectivity index (χ3v) is 3.20. The molecule has 0 unspecified atom stereocenters. The van der Waals surface area contributed by atoms with Gasteiger partial charge in [-0.1, -0.05) is 6.42 Å². The number of carbonyl (C=O) groups is 1. The van der Waals surface area contributed by atoms with E-state index in [-0.39, 0.29) is 5.91 Å². The highest BCUT2D eigenvalue weighted by molar-refractivity contribution is 7.13. The molecule has 1 aliphatic rings. The Morgan fingerprint density at radius 3 is 3.00 bits per heavy atom. The average molecular weight is 211 g/mol. The largest absolute Gasteiger partial charge is 0.375 e. The third-order valence-electron chi connectivity index (χ3n) is 2.53. The van der Waals surface area contributed by atoms with Gasteiger partial charge in [0.05, 0.1) is 0 Å². The summed E-state index contributed by atoms with van der Waals surface area (Å²) in [4.78, 5) is 15.4. The molecule has 1 aliphatic carbocycles. The molecular weight excluding hydrogens is 198 g/mol. The number of nitrogen functional groups attached to an aromatic ring is 1. The Morgan fingerprint density at radius 1 is 1.71 bits per heavy atom. The van der Waals surface area contributed by atoms with Crippen LogP contribution < -0.4 is 11.1 Å². The van der Waals surface area contributed by atoms with Crippen LogP contribution in [0.1, 0.15) is 29.8 Å². The molecule has 1 fully saturated rings. The van der Waals surface area contributed by atoms with E-state index in [1.54, 1.807) is 5.38 Å². The van der Waals surface area contributed by atoms with Gasteiger partial charge in [-0.15, -0.1) is 11.3 Å². The van der Waals surface area contributed by atoms with Gasteiger partial charge in [0.1, 0.15) is 5.69 Å². The lowest BCUT2D eigenvalue weighted by molar-refractivity contribution is 0.0935. The van der Waals surface area contributed by atoms with Crippen molar-refractivity contribution < 1.29 is 4.79 Å².